The number of carbonyl (C=O) groups excluding carboxylic acids is 1. The number of nitrogens with two attached hydrogens (primary N) is 1. The van der Waals surface area contributed by atoms with Crippen molar-refractivity contribution in [1.82, 2.24) is 14.5 Å². The maximum absolute atomic E-state index is 13.8. The van der Waals surface area contributed by atoms with E-state index in [0.29, 0.717) is 42.2 Å². The first kappa shape index (κ1) is 26.3. The van der Waals surface area contributed by atoms with Crippen LogP contribution in [0.5, 0.6) is 0 Å². The van der Waals surface area contributed by atoms with Crippen LogP contribution < -0.4 is 11.3 Å². The van der Waals surface area contributed by atoms with Crippen molar-refractivity contribution in [2.45, 2.75) is 39.8 Å². The maximum atomic E-state index is 13.8. The van der Waals surface area contributed by atoms with Crippen molar-refractivity contribution in [2.75, 3.05) is 13.1 Å². The van der Waals surface area contributed by atoms with Gasteiger partial charge < -0.3 is 10.6 Å². The molecule has 0 bridgehead atoms. The average Bonchev–Trinajstić information content (AvgIpc) is 2.88. The van der Waals surface area contributed by atoms with Gasteiger partial charge in [0, 0.05) is 12.1 Å². The summed E-state index contributed by atoms with van der Waals surface area (Å²) in [7, 11) is 0. The number of aromatic nitrogens is 2. The molecular formula is C28H30N6O2. The van der Waals surface area contributed by atoms with Gasteiger partial charge in [-0.2, -0.15) is 10.5 Å². The highest BCUT2D eigenvalue weighted by molar-refractivity contribution is 5.94. The number of carbonyl (C=O) groups is 1. The number of hydrogen-bond donors (Lipinski definition) is 1. The molecule has 1 heterocycles. The van der Waals surface area contributed by atoms with Crippen LogP contribution >= 0.6 is 0 Å². The fourth-order valence-electron chi connectivity index (χ4n) is 4.27. The van der Waals surface area contributed by atoms with Crippen LogP contribution in [0, 0.1) is 35.5 Å². The smallest absolute Gasteiger partial charge is 0.272 e. The number of nitrogens with zero attached hydrogens (tertiary/aromatic N) is 5. The Morgan fingerprint density at radius 2 is 1.83 bits per heavy atom. The molecule has 1 amide bonds. The molecule has 8 heteroatoms. The van der Waals surface area contributed by atoms with Crippen LogP contribution in [0.25, 0.3) is 0 Å². The first-order valence-electron chi connectivity index (χ1n) is 11.9. The summed E-state index contributed by atoms with van der Waals surface area (Å²) in [5, 5.41) is 19.0. The molecule has 8 nitrogen and oxygen atoms in total. The summed E-state index contributed by atoms with van der Waals surface area (Å²) in [6, 6.07) is 19.5. The molecule has 0 aliphatic carbocycles. The van der Waals surface area contributed by atoms with Crippen LogP contribution in [0.1, 0.15) is 64.9 Å². The number of nitriles is 2. The summed E-state index contributed by atoms with van der Waals surface area (Å²) in [6.45, 7) is 6.50. The van der Waals surface area contributed by atoms with Crippen molar-refractivity contribution < 1.29 is 4.79 Å². The predicted molar refractivity (Wildman–Crippen MR) is 137 cm³/mol. The molecule has 184 valence electrons. The van der Waals surface area contributed by atoms with Gasteiger partial charge in [-0.15, -0.1) is 0 Å². The van der Waals surface area contributed by atoms with E-state index in [0.717, 1.165) is 5.56 Å². The van der Waals surface area contributed by atoms with Gasteiger partial charge in [0.15, 0.2) is 0 Å². The quantitative estimate of drug-likeness (QED) is 0.497. The Labute approximate surface area is 211 Å². The molecule has 0 saturated carbocycles. The minimum Gasteiger partial charge on any atom is -0.330 e. The van der Waals surface area contributed by atoms with Gasteiger partial charge in [-0.25, -0.2) is 4.98 Å². The predicted octanol–water partition coefficient (Wildman–Crippen LogP) is 3.53. The van der Waals surface area contributed by atoms with Crippen molar-refractivity contribution >= 4 is 5.91 Å². The molecule has 0 radical (unpaired) electrons. The van der Waals surface area contributed by atoms with E-state index < -0.39 is 11.6 Å². The van der Waals surface area contributed by atoms with Crippen LogP contribution in [-0.4, -0.2) is 33.4 Å². The average molecular weight is 483 g/mol. The van der Waals surface area contributed by atoms with Gasteiger partial charge in [0.2, 0.25) is 0 Å². The van der Waals surface area contributed by atoms with E-state index in [4.69, 9.17) is 10.7 Å². The zero-order chi connectivity index (χ0) is 26.2. The van der Waals surface area contributed by atoms with Crippen LogP contribution in [-0.2, 0) is 6.54 Å². The monoisotopic (exact) mass is 482 g/mol. The summed E-state index contributed by atoms with van der Waals surface area (Å²) in [4.78, 5) is 33.7. The Hall–Kier alpha value is -4.27. The minimum atomic E-state index is -0.572. The van der Waals surface area contributed by atoms with Crippen LogP contribution in [0.2, 0.25) is 0 Å². The maximum Gasteiger partial charge on any atom is 0.272 e. The van der Waals surface area contributed by atoms with Crippen molar-refractivity contribution in [3.8, 4) is 12.1 Å². The lowest BCUT2D eigenvalue weighted by atomic mass is 9.98. The molecule has 3 rings (SSSR count). The van der Waals surface area contributed by atoms with E-state index in [1.165, 1.54) is 4.57 Å². The SMILES string of the molecule is Cc1nc(C(C(C)C)N(CCCN)C(=O)c2cccc(C#N)c2)n(Cc2ccccc2)c(=O)c1C#N. The molecule has 0 spiro atoms. The lowest BCUT2D eigenvalue weighted by Gasteiger charge is -2.35. The van der Waals surface area contributed by atoms with E-state index >= 15 is 0 Å². The Morgan fingerprint density at radius 3 is 2.44 bits per heavy atom. The molecule has 1 aromatic heterocycles. The normalized spacial score (nSPS) is 11.5. The summed E-state index contributed by atoms with van der Waals surface area (Å²) >= 11 is 0. The van der Waals surface area contributed by atoms with E-state index in [1.54, 1.807) is 36.1 Å². The van der Waals surface area contributed by atoms with E-state index in [1.807, 2.05) is 50.2 Å². The highest BCUT2D eigenvalue weighted by Crippen LogP contribution is 2.30. The van der Waals surface area contributed by atoms with E-state index in [9.17, 15) is 20.1 Å². The van der Waals surface area contributed by atoms with Crippen molar-refractivity contribution in [2.24, 2.45) is 11.7 Å². The van der Waals surface area contributed by atoms with Gasteiger partial charge in [-0.05, 0) is 49.6 Å². The first-order valence-corrected chi connectivity index (χ1v) is 11.9. The zero-order valence-electron chi connectivity index (χ0n) is 20.8. The Morgan fingerprint density at radius 1 is 1.11 bits per heavy atom. The fraction of sp³-hybridized carbons (Fsp3) is 0.321. The second-order valence-electron chi connectivity index (χ2n) is 8.94. The zero-order valence-corrected chi connectivity index (χ0v) is 20.8. The third-order valence-electron chi connectivity index (χ3n) is 6.01. The molecule has 1 unspecified atom stereocenters. The molecule has 0 saturated heterocycles. The molecule has 0 fully saturated rings. The number of aryl methyl sites for hydroxylation is 1. The fourth-order valence-corrected chi connectivity index (χ4v) is 4.27. The first-order chi connectivity index (χ1) is 17.3. The summed E-state index contributed by atoms with van der Waals surface area (Å²) in [6.07, 6.45) is 0.547. The summed E-state index contributed by atoms with van der Waals surface area (Å²) < 4.78 is 1.50. The van der Waals surface area contributed by atoms with Gasteiger partial charge in [0.25, 0.3) is 11.5 Å². The lowest BCUT2D eigenvalue weighted by molar-refractivity contribution is 0.0601. The number of hydrogen-bond acceptors (Lipinski definition) is 6. The number of amides is 1. The van der Waals surface area contributed by atoms with Crippen LogP contribution in [0.15, 0.2) is 59.4 Å². The molecule has 2 N–H and O–H groups in total. The highest BCUT2D eigenvalue weighted by atomic mass is 16.2. The molecule has 0 aliphatic rings. The molecule has 1 atom stereocenters. The Kier molecular flexibility index (Phi) is 8.72. The topological polar surface area (TPSA) is 129 Å². The molecule has 2 aromatic carbocycles. The molecule has 36 heavy (non-hydrogen) atoms. The van der Waals surface area contributed by atoms with E-state index in [2.05, 4.69) is 6.07 Å². The lowest BCUT2D eigenvalue weighted by Crippen LogP contribution is -2.43. The molecule has 3 aromatic rings. The standard InChI is InChI=1S/C28H30N6O2/c1-19(2)25(33(14-8-13-29)27(35)23-12-7-11-22(15-23)16-30)26-32-20(3)24(17-31)28(36)34(26)18-21-9-5-4-6-10-21/h4-7,9-12,15,19,25H,8,13-14,18,29H2,1-3H3. The number of benzene rings is 2. The van der Waals surface area contributed by atoms with E-state index in [-0.39, 0.29) is 23.9 Å². The van der Waals surface area contributed by atoms with Gasteiger partial charge in [0.1, 0.15) is 17.5 Å². The minimum absolute atomic E-state index is 0.0151. The van der Waals surface area contributed by atoms with Crippen molar-refractivity contribution in [3.05, 3.63) is 98.7 Å². The van der Waals surface area contributed by atoms with Gasteiger partial charge in [-0.3, -0.25) is 14.2 Å². The van der Waals surface area contributed by atoms with Gasteiger partial charge in [-0.1, -0.05) is 50.2 Å². The Bertz CT molecular complexity index is 1370. The molecular weight excluding hydrogens is 452 g/mol. The summed E-state index contributed by atoms with van der Waals surface area (Å²) in [5.41, 5.74) is 7.31. The second kappa shape index (κ2) is 11.9. The summed E-state index contributed by atoms with van der Waals surface area (Å²) in [5.74, 6) is 0.0195. The third-order valence-corrected chi connectivity index (χ3v) is 6.01. The largest absolute Gasteiger partial charge is 0.330 e. The van der Waals surface area contributed by atoms with Gasteiger partial charge in [0.05, 0.1) is 29.9 Å². The highest BCUT2D eigenvalue weighted by Gasteiger charge is 2.33. The second-order valence-corrected chi connectivity index (χ2v) is 8.94. The van der Waals surface area contributed by atoms with Crippen LogP contribution in [0.4, 0.5) is 0 Å². The van der Waals surface area contributed by atoms with Crippen LogP contribution in [0.3, 0.4) is 0 Å². The molecule has 0 aliphatic heterocycles. The van der Waals surface area contributed by atoms with Crippen molar-refractivity contribution in [1.29, 1.82) is 10.5 Å². The third kappa shape index (κ3) is 5.68. The number of rotatable bonds is 9. The van der Waals surface area contributed by atoms with Crippen molar-refractivity contribution in [3.63, 3.8) is 0 Å². The van der Waals surface area contributed by atoms with Gasteiger partial charge >= 0.3 is 0 Å². The Balaban J connectivity index is 2.22.